The quantitative estimate of drug-likeness (QED) is 0.685. The average Bonchev–Trinajstić information content (AvgIpc) is 3.28. The van der Waals surface area contributed by atoms with Crippen LogP contribution in [0.15, 0.2) is 48.5 Å². The van der Waals surface area contributed by atoms with Crippen LogP contribution in [0.4, 0.5) is 0 Å². The van der Waals surface area contributed by atoms with Crippen molar-refractivity contribution in [2.45, 2.75) is 32.9 Å². The lowest BCUT2D eigenvalue weighted by Crippen LogP contribution is -2.32. The summed E-state index contributed by atoms with van der Waals surface area (Å²) < 4.78 is 5.81. The van der Waals surface area contributed by atoms with Crippen LogP contribution in [0.2, 0.25) is 0 Å². The first-order valence-electron chi connectivity index (χ1n) is 10.2. The molecular weight excluding hydrogens is 366 g/mol. The van der Waals surface area contributed by atoms with Gasteiger partial charge in [-0.05, 0) is 43.5 Å². The van der Waals surface area contributed by atoms with Gasteiger partial charge in [-0.2, -0.15) is 0 Å². The normalized spacial score (nSPS) is 13.3. The number of para-hydroxylation sites is 1. The summed E-state index contributed by atoms with van der Waals surface area (Å²) in [6.07, 6.45) is 2.15. The monoisotopic (exact) mass is 395 g/mol. The summed E-state index contributed by atoms with van der Waals surface area (Å²) in [5.41, 5.74) is 2.70. The molecule has 0 saturated carbocycles. The van der Waals surface area contributed by atoms with Crippen LogP contribution in [-0.4, -0.2) is 43.0 Å². The Hall–Kier alpha value is -2.86. The van der Waals surface area contributed by atoms with E-state index in [2.05, 4.69) is 10.6 Å². The van der Waals surface area contributed by atoms with Gasteiger partial charge in [0.25, 0.3) is 11.8 Å². The SMILES string of the molecule is CCNC(=O)c1cccc(CNCc2ccccc2OCC(=O)N2CCCC2)c1. The second kappa shape index (κ2) is 10.6. The molecule has 6 nitrogen and oxygen atoms in total. The van der Waals surface area contributed by atoms with Crippen LogP contribution in [-0.2, 0) is 17.9 Å². The lowest BCUT2D eigenvalue weighted by atomic mass is 10.1. The van der Waals surface area contributed by atoms with E-state index in [9.17, 15) is 9.59 Å². The first-order valence-corrected chi connectivity index (χ1v) is 10.2. The predicted octanol–water partition coefficient (Wildman–Crippen LogP) is 2.73. The number of rotatable bonds is 9. The van der Waals surface area contributed by atoms with Crippen molar-refractivity contribution >= 4 is 11.8 Å². The van der Waals surface area contributed by atoms with Crippen LogP contribution < -0.4 is 15.4 Å². The Bertz CT molecular complexity index is 832. The minimum atomic E-state index is -0.0595. The first kappa shape index (κ1) is 20.9. The number of hydrogen-bond acceptors (Lipinski definition) is 4. The molecule has 2 aromatic carbocycles. The van der Waals surface area contributed by atoms with Gasteiger partial charge in [-0.25, -0.2) is 0 Å². The molecule has 0 spiro atoms. The molecule has 0 atom stereocenters. The largest absolute Gasteiger partial charge is 0.483 e. The number of carbonyl (C=O) groups excluding carboxylic acids is 2. The maximum Gasteiger partial charge on any atom is 0.260 e. The van der Waals surface area contributed by atoms with Gasteiger partial charge in [0, 0.05) is 43.9 Å². The molecule has 1 aliphatic heterocycles. The van der Waals surface area contributed by atoms with Gasteiger partial charge < -0.3 is 20.3 Å². The Labute approximate surface area is 172 Å². The number of likely N-dealkylation sites (tertiary alicyclic amines) is 1. The summed E-state index contributed by atoms with van der Waals surface area (Å²) >= 11 is 0. The lowest BCUT2D eigenvalue weighted by molar-refractivity contribution is -0.132. The van der Waals surface area contributed by atoms with E-state index in [4.69, 9.17) is 4.74 Å². The Morgan fingerprint density at radius 3 is 2.62 bits per heavy atom. The van der Waals surface area contributed by atoms with Crippen LogP contribution in [0.5, 0.6) is 5.75 Å². The molecule has 29 heavy (non-hydrogen) atoms. The summed E-state index contributed by atoms with van der Waals surface area (Å²) in [4.78, 5) is 26.1. The predicted molar refractivity (Wildman–Crippen MR) is 113 cm³/mol. The molecule has 154 valence electrons. The number of benzene rings is 2. The molecule has 0 unspecified atom stereocenters. The van der Waals surface area contributed by atoms with Gasteiger partial charge in [-0.3, -0.25) is 9.59 Å². The minimum Gasteiger partial charge on any atom is -0.483 e. The second-order valence-corrected chi connectivity index (χ2v) is 7.15. The van der Waals surface area contributed by atoms with Gasteiger partial charge >= 0.3 is 0 Å². The fourth-order valence-electron chi connectivity index (χ4n) is 3.41. The summed E-state index contributed by atoms with van der Waals surface area (Å²) in [6, 6.07) is 15.4. The van der Waals surface area contributed by atoms with Crippen molar-refractivity contribution in [3.63, 3.8) is 0 Å². The highest BCUT2D eigenvalue weighted by Crippen LogP contribution is 2.18. The Kier molecular flexibility index (Phi) is 7.64. The van der Waals surface area contributed by atoms with Crippen molar-refractivity contribution in [3.05, 3.63) is 65.2 Å². The van der Waals surface area contributed by atoms with Gasteiger partial charge in [-0.1, -0.05) is 30.3 Å². The highest BCUT2D eigenvalue weighted by Gasteiger charge is 2.18. The van der Waals surface area contributed by atoms with Crippen LogP contribution >= 0.6 is 0 Å². The minimum absolute atomic E-state index is 0.0485. The number of carbonyl (C=O) groups is 2. The van der Waals surface area contributed by atoms with E-state index in [0.29, 0.717) is 25.2 Å². The summed E-state index contributed by atoms with van der Waals surface area (Å²) in [5.74, 6) is 0.715. The standard InChI is InChI=1S/C23H29N3O3/c1-2-25-23(28)19-10-7-8-18(14-19)15-24-16-20-9-3-4-11-21(20)29-17-22(27)26-12-5-6-13-26/h3-4,7-11,14,24H,2,5-6,12-13,15-17H2,1H3,(H,25,28). The highest BCUT2D eigenvalue weighted by molar-refractivity contribution is 5.94. The molecule has 0 aliphatic carbocycles. The fourth-order valence-corrected chi connectivity index (χ4v) is 3.41. The van der Waals surface area contributed by atoms with Crippen LogP contribution in [0.3, 0.4) is 0 Å². The number of nitrogens with zero attached hydrogens (tertiary/aromatic N) is 1. The van der Waals surface area contributed by atoms with E-state index in [1.807, 2.05) is 60.4 Å². The van der Waals surface area contributed by atoms with E-state index in [-0.39, 0.29) is 18.4 Å². The zero-order valence-electron chi connectivity index (χ0n) is 16.9. The zero-order valence-corrected chi connectivity index (χ0v) is 16.9. The smallest absolute Gasteiger partial charge is 0.260 e. The van der Waals surface area contributed by atoms with Crippen molar-refractivity contribution in [2.75, 3.05) is 26.2 Å². The molecule has 2 N–H and O–H groups in total. The number of hydrogen-bond donors (Lipinski definition) is 2. The lowest BCUT2D eigenvalue weighted by Gasteiger charge is -2.17. The molecule has 2 aromatic rings. The zero-order chi connectivity index (χ0) is 20.5. The van der Waals surface area contributed by atoms with Crippen molar-refractivity contribution in [1.29, 1.82) is 0 Å². The molecule has 6 heteroatoms. The van der Waals surface area contributed by atoms with Gasteiger partial charge in [0.05, 0.1) is 0 Å². The van der Waals surface area contributed by atoms with Crippen LogP contribution in [0, 0.1) is 0 Å². The third-order valence-corrected chi connectivity index (χ3v) is 4.95. The summed E-state index contributed by atoms with van der Waals surface area (Å²) in [5, 5.41) is 6.21. The van der Waals surface area contributed by atoms with Gasteiger partial charge in [0.1, 0.15) is 5.75 Å². The Morgan fingerprint density at radius 1 is 1.03 bits per heavy atom. The molecule has 1 aliphatic rings. The maximum absolute atomic E-state index is 12.2. The van der Waals surface area contributed by atoms with Gasteiger partial charge in [0.15, 0.2) is 6.61 Å². The Morgan fingerprint density at radius 2 is 1.83 bits per heavy atom. The van der Waals surface area contributed by atoms with E-state index in [1.165, 1.54) is 0 Å². The molecule has 0 bridgehead atoms. The summed E-state index contributed by atoms with van der Waals surface area (Å²) in [7, 11) is 0. The molecule has 3 rings (SSSR count). The van der Waals surface area contributed by atoms with Gasteiger partial charge in [-0.15, -0.1) is 0 Å². The second-order valence-electron chi connectivity index (χ2n) is 7.15. The molecule has 1 fully saturated rings. The molecule has 0 aromatic heterocycles. The van der Waals surface area contributed by atoms with Crippen molar-refractivity contribution < 1.29 is 14.3 Å². The van der Waals surface area contributed by atoms with Crippen molar-refractivity contribution in [3.8, 4) is 5.75 Å². The van der Waals surface area contributed by atoms with Crippen molar-refractivity contribution in [1.82, 2.24) is 15.5 Å². The third kappa shape index (κ3) is 6.06. The molecule has 0 radical (unpaired) electrons. The van der Waals surface area contributed by atoms with Crippen molar-refractivity contribution in [2.24, 2.45) is 0 Å². The maximum atomic E-state index is 12.2. The number of ether oxygens (including phenoxy) is 1. The average molecular weight is 396 g/mol. The van der Waals surface area contributed by atoms with Crippen LogP contribution in [0.25, 0.3) is 0 Å². The van der Waals surface area contributed by atoms with E-state index < -0.39 is 0 Å². The van der Waals surface area contributed by atoms with E-state index in [0.717, 1.165) is 42.8 Å². The van der Waals surface area contributed by atoms with E-state index >= 15 is 0 Å². The summed E-state index contributed by atoms with van der Waals surface area (Å²) in [6.45, 7) is 5.50. The Balaban J connectivity index is 1.52. The molecule has 1 saturated heterocycles. The third-order valence-electron chi connectivity index (χ3n) is 4.95. The van der Waals surface area contributed by atoms with Crippen LogP contribution in [0.1, 0.15) is 41.3 Å². The highest BCUT2D eigenvalue weighted by atomic mass is 16.5. The topological polar surface area (TPSA) is 70.7 Å². The number of nitrogens with one attached hydrogen (secondary N) is 2. The van der Waals surface area contributed by atoms with Gasteiger partial charge in [0.2, 0.25) is 0 Å². The first-order chi connectivity index (χ1) is 14.2. The molecular formula is C23H29N3O3. The molecule has 2 amide bonds. The number of amides is 2. The van der Waals surface area contributed by atoms with E-state index in [1.54, 1.807) is 0 Å². The fraction of sp³-hybridized carbons (Fsp3) is 0.391. The molecule has 1 heterocycles.